The second kappa shape index (κ2) is 8.17. The van der Waals surface area contributed by atoms with Gasteiger partial charge >= 0.3 is 5.97 Å². The highest BCUT2D eigenvalue weighted by atomic mass is 16.4. The summed E-state index contributed by atoms with van der Waals surface area (Å²) in [6.45, 7) is 5.72. The van der Waals surface area contributed by atoms with Crippen molar-refractivity contribution >= 4 is 23.5 Å². The number of anilines is 1. The number of benzene rings is 2. The molecule has 2 aromatic carbocycles. The van der Waals surface area contributed by atoms with E-state index in [-0.39, 0.29) is 17.7 Å². The van der Waals surface area contributed by atoms with E-state index in [0.717, 1.165) is 36.2 Å². The number of carboxylic acid groups (broad SMARTS) is 1. The summed E-state index contributed by atoms with van der Waals surface area (Å²) in [5.41, 5.74) is 2.17. The lowest BCUT2D eigenvalue weighted by Gasteiger charge is -2.30. The predicted molar refractivity (Wildman–Crippen MR) is 118 cm³/mol. The average molecular weight is 421 g/mol. The number of amides is 2. The maximum atomic E-state index is 13.4. The first kappa shape index (κ1) is 21.1. The highest BCUT2D eigenvalue weighted by Gasteiger charge is 2.38. The largest absolute Gasteiger partial charge is 0.478 e. The molecule has 0 radical (unpaired) electrons. The molecule has 4 rings (SSSR count). The molecule has 2 saturated heterocycles. The van der Waals surface area contributed by atoms with Crippen molar-refractivity contribution in [2.24, 2.45) is 0 Å². The maximum Gasteiger partial charge on any atom is 0.335 e. The molecule has 2 fully saturated rings. The highest BCUT2D eigenvalue weighted by molar-refractivity contribution is 5.95. The third kappa shape index (κ3) is 3.94. The van der Waals surface area contributed by atoms with Crippen LogP contribution in [0.2, 0.25) is 0 Å². The van der Waals surface area contributed by atoms with Gasteiger partial charge < -0.3 is 14.9 Å². The molecule has 0 aromatic heterocycles. The molecule has 2 aromatic rings. The molecule has 0 bridgehead atoms. The number of rotatable bonds is 5. The lowest BCUT2D eigenvalue weighted by atomic mass is 9.83. The molecule has 31 heavy (non-hydrogen) atoms. The third-order valence-corrected chi connectivity index (χ3v) is 6.62. The Hall–Kier alpha value is -3.15. The van der Waals surface area contributed by atoms with Crippen molar-refractivity contribution < 1.29 is 19.5 Å². The molecule has 0 aliphatic carbocycles. The molecule has 0 saturated carbocycles. The number of carbonyl (C=O) groups is 3. The molecule has 162 valence electrons. The second-order valence-corrected chi connectivity index (χ2v) is 8.95. The van der Waals surface area contributed by atoms with Gasteiger partial charge in [0.05, 0.1) is 11.0 Å². The normalized spacial score (nSPS) is 19.2. The Morgan fingerprint density at radius 3 is 2.39 bits per heavy atom. The van der Waals surface area contributed by atoms with Gasteiger partial charge in [0.25, 0.3) is 0 Å². The third-order valence-electron chi connectivity index (χ3n) is 6.62. The van der Waals surface area contributed by atoms with Gasteiger partial charge in [-0.25, -0.2) is 4.79 Å². The first-order chi connectivity index (χ1) is 14.8. The van der Waals surface area contributed by atoms with Crippen molar-refractivity contribution in [3.63, 3.8) is 0 Å². The van der Waals surface area contributed by atoms with Crippen LogP contribution < -0.4 is 4.90 Å². The van der Waals surface area contributed by atoms with E-state index in [2.05, 4.69) is 0 Å². The lowest BCUT2D eigenvalue weighted by Crippen LogP contribution is -2.42. The zero-order valence-electron chi connectivity index (χ0n) is 18.0. The van der Waals surface area contributed by atoms with E-state index in [4.69, 9.17) is 0 Å². The van der Waals surface area contributed by atoms with Gasteiger partial charge in [-0.05, 0) is 56.0 Å². The van der Waals surface area contributed by atoms with Crippen molar-refractivity contribution in [1.82, 2.24) is 4.90 Å². The van der Waals surface area contributed by atoms with E-state index in [9.17, 15) is 19.5 Å². The van der Waals surface area contributed by atoms with E-state index in [1.165, 1.54) is 0 Å². The van der Waals surface area contributed by atoms with E-state index in [0.29, 0.717) is 25.1 Å². The van der Waals surface area contributed by atoms with Gasteiger partial charge in [0, 0.05) is 37.7 Å². The van der Waals surface area contributed by atoms with Gasteiger partial charge in [-0.3, -0.25) is 9.59 Å². The van der Waals surface area contributed by atoms with Crippen molar-refractivity contribution in [3.8, 4) is 0 Å². The Labute approximate surface area is 182 Å². The molecule has 6 heteroatoms. The van der Waals surface area contributed by atoms with Crippen molar-refractivity contribution in [2.75, 3.05) is 24.5 Å². The zero-order valence-corrected chi connectivity index (χ0v) is 18.0. The van der Waals surface area contributed by atoms with Crippen molar-refractivity contribution in [3.05, 3.63) is 65.2 Å². The minimum Gasteiger partial charge on any atom is -0.478 e. The number of carboxylic acids is 1. The van der Waals surface area contributed by atoms with Crippen molar-refractivity contribution in [1.29, 1.82) is 0 Å². The van der Waals surface area contributed by atoms with Gasteiger partial charge in [0.15, 0.2) is 0 Å². The van der Waals surface area contributed by atoms with E-state index >= 15 is 0 Å². The number of hydrogen-bond donors (Lipinski definition) is 1. The Bertz CT molecular complexity index is 1010. The fourth-order valence-electron chi connectivity index (χ4n) is 4.74. The molecule has 1 atom stereocenters. The number of nitrogens with zero attached hydrogens (tertiary/aromatic N) is 2. The Kier molecular flexibility index (Phi) is 5.56. The van der Waals surface area contributed by atoms with Crippen LogP contribution in [0.5, 0.6) is 0 Å². The zero-order chi connectivity index (χ0) is 22.2. The molecular formula is C25H28N2O4. The van der Waals surface area contributed by atoms with Crippen LogP contribution in [0.4, 0.5) is 5.69 Å². The first-order valence-corrected chi connectivity index (χ1v) is 10.8. The molecular weight excluding hydrogens is 392 g/mol. The summed E-state index contributed by atoms with van der Waals surface area (Å²) >= 11 is 0. The Morgan fingerprint density at radius 2 is 1.74 bits per heavy atom. The van der Waals surface area contributed by atoms with Gasteiger partial charge in [-0.15, -0.1) is 0 Å². The predicted octanol–water partition coefficient (Wildman–Crippen LogP) is 3.81. The summed E-state index contributed by atoms with van der Waals surface area (Å²) in [5.74, 6) is -0.728. The molecule has 1 unspecified atom stereocenters. The van der Waals surface area contributed by atoms with Crippen molar-refractivity contribution in [2.45, 2.75) is 44.4 Å². The topological polar surface area (TPSA) is 77.9 Å². The van der Waals surface area contributed by atoms with Gasteiger partial charge in [-0.1, -0.05) is 30.3 Å². The molecule has 1 N–H and O–H groups in total. The minimum atomic E-state index is -0.933. The second-order valence-electron chi connectivity index (χ2n) is 8.95. The molecule has 2 aliphatic heterocycles. The highest BCUT2D eigenvalue weighted by Crippen LogP contribution is 2.34. The van der Waals surface area contributed by atoms with Crippen LogP contribution in [0, 0.1) is 0 Å². The summed E-state index contributed by atoms with van der Waals surface area (Å²) in [4.78, 5) is 40.6. The number of aromatic carboxylic acids is 1. The summed E-state index contributed by atoms with van der Waals surface area (Å²) < 4.78 is 0. The summed E-state index contributed by atoms with van der Waals surface area (Å²) in [6.07, 6.45) is 2.22. The monoisotopic (exact) mass is 420 g/mol. The van der Waals surface area contributed by atoms with E-state index in [1.54, 1.807) is 17.0 Å². The Balaban J connectivity index is 1.49. The summed E-state index contributed by atoms with van der Waals surface area (Å²) in [5, 5.41) is 9.49. The van der Waals surface area contributed by atoms with Crippen LogP contribution in [0.1, 0.15) is 60.5 Å². The quantitative estimate of drug-likeness (QED) is 0.798. The van der Waals surface area contributed by atoms with Crippen LogP contribution in [-0.2, 0) is 15.0 Å². The minimum absolute atomic E-state index is 0.0237. The fraction of sp³-hybridized carbons (Fsp3) is 0.400. The lowest BCUT2D eigenvalue weighted by molar-refractivity contribution is -0.135. The summed E-state index contributed by atoms with van der Waals surface area (Å²) in [7, 11) is 0. The van der Waals surface area contributed by atoms with E-state index < -0.39 is 11.4 Å². The maximum absolute atomic E-state index is 13.4. The molecule has 2 amide bonds. The van der Waals surface area contributed by atoms with E-state index in [1.807, 2.05) is 55.1 Å². The Morgan fingerprint density at radius 1 is 1.03 bits per heavy atom. The van der Waals surface area contributed by atoms with Crippen LogP contribution in [0.15, 0.2) is 48.5 Å². The smallest absolute Gasteiger partial charge is 0.335 e. The average Bonchev–Trinajstić information content (AvgIpc) is 3.42. The first-order valence-electron chi connectivity index (χ1n) is 10.8. The molecule has 0 spiro atoms. The van der Waals surface area contributed by atoms with Gasteiger partial charge in [0.2, 0.25) is 11.8 Å². The molecule has 2 heterocycles. The van der Waals surface area contributed by atoms with Crippen LogP contribution in [0.25, 0.3) is 0 Å². The fourth-order valence-corrected chi connectivity index (χ4v) is 4.74. The molecule has 2 aliphatic rings. The number of likely N-dealkylation sites (tertiary alicyclic amines) is 1. The number of carbonyl (C=O) groups excluding carboxylic acids is 2. The number of hydrogen-bond acceptors (Lipinski definition) is 3. The van der Waals surface area contributed by atoms with Crippen LogP contribution in [0.3, 0.4) is 0 Å². The summed E-state index contributed by atoms with van der Waals surface area (Å²) in [6, 6.07) is 14.8. The van der Waals surface area contributed by atoms with Gasteiger partial charge in [0.1, 0.15) is 0 Å². The SMILES string of the molecule is CC(C)(C(=O)N1CCC(c2ccccc2C(=O)O)C1)c1ccc(N2CCCC2=O)cc1. The van der Waals surface area contributed by atoms with Gasteiger partial charge in [-0.2, -0.15) is 0 Å². The van der Waals surface area contributed by atoms with Crippen LogP contribution in [-0.4, -0.2) is 47.4 Å². The van der Waals surface area contributed by atoms with Crippen LogP contribution >= 0.6 is 0 Å². The molecule has 6 nitrogen and oxygen atoms in total. The standard InChI is InChI=1S/C25H28N2O4/c1-25(2,18-9-11-19(12-10-18)27-14-5-8-22(27)28)24(31)26-15-13-17(16-26)20-6-3-4-7-21(20)23(29)30/h3-4,6-7,9-12,17H,5,8,13-16H2,1-2H3,(H,29,30).